The smallest absolute Gasteiger partial charge is 0.257 e. The van der Waals surface area contributed by atoms with Crippen molar-refractivity contribution in [1.29, 1.82) is 0 Å². The molecule has 0 atom stereocenters. The van der Waals surface area contributed by atoms with E-state index in [0.717, 1.165) is 22.0 Å². The highest BCUT2D eigenvalue weighted by atomic mass is 79.9. The van der Waals surface area contributed by atoms with Crippen molar-refractivity contribution < 1.29 is 14.3 Å². The topological polar surface area (TPSA) is 73.3 Å². The van der Waals surface area contributed by atoms with Crippen molar-refractivity contribution in [3.8, 4) is 5.75 Å². The number of ether oxygens (including phenoxy) is 2. The van der Waals surface area contributed by atoms with Crippen LogP contribution < -0.4 is 10.1 Å². The lowest BCUT2D eigenvalue weighted by atomic mass is 10.1. The SMILES string of the molecule is COCCCOc1cc(/C=C/c2ccc(Br)cc2)cc(C(=O)Nc2cnccn2)c1. The molecule has 30 heavy (non-hydrogen) atoms. The lowest BCUT2D eigenvalue weighted by Gasteiger charge is -2.10. The number of carbonyl (C=O) groups is 1. The monoisotopic (exact) mass is 467 g/mol. The van der Waals surface area contributed by atoms with E-state index in [2.05, 4.69) is 31.2 Å². The van der Waals surface area contributed by atoms with E-state index in [0.29, 0.717) is 30.3 Å². The van der Waals surface area contributed by atoms with E-state index in [1.54, 1.807) is 19.4 Å². The fourth-order valence-electron chi connectivity index (χ4n) is 2.64. The second-order valence-electron chi connectivity index (χ2n) is 6.42. The van der Waals surface area contributed by atoms with Crippen molar-refractivity contribution in [2.24, 2.45) is 0 Å². The van der Waals surface area contributed by atoms with Gasteiger partial charge in [-0.3, -0.25) is 9.78 Å². The first kappa shape index (κ1) is 21.7. The fourth-order valence-corrected chi connectivity index (χ4v) is 2.91. The van der Waals surface area contributed by atoms with Crippen LogP contribution in [0.5, 0.6) is 5.75 Å². The molecule has 0 saturated carbocycles. The average Bonchev–Trinajstić information content (AvgIpc) is 2.77. The Balaban J connectivity index is 1.81. The lowest BCUT2D eigenvalue weighted by Crippen LogP contribution is -2.13. The molecule has 0 radical (unpaired) electrons. The summed E-state index contributed by atoms with van der Waals surface area (Å²) in [6.45, 7) is 1.11. The van der Waals surface area contributed by atoms with Crippen molar-refractivity contribution >= 4 is 39.8 Å². The van der Waals surface area contributed by atoms with Gasteiger partial charge in [-0.05, 0) is 41.5 Å². The number of methoxy groups -OCH3 is 1. The third-order valence-corrected chi connectivity index (χ3v) is 4.62. The highest BCUT2D eigenvalue weighted by Crippen LogP contribution is 2.21. The van der Waals surface area contributed by atoms with Gasteiger partial charge in [0, 0.05) is 42.6 Å². The fraction of sp³-hybridized carbons (Fsp3) is 0.174. The predicted octanol–water partition coefficient (Wildman–Crippen LogP) is 5.08. The second-order valence-corrected chi connectivity index (χ2v) is 7.33. The number of aromatic nitrogens is 2. The number of rotatable bonds is 9. The minimum absolute atomic E-state index is 0.281. The lowest BCUT2D eigenvalue weighted by molar-refractivity contribution is 0.102. The Hall–Kier alpha value is -3.03. The molecule has 0 spiro atoms. The molecule has 1 amide bonds. The van der Waals surface area contributed by atoms with Crippen LogP contribution in [0.3, 0.4) is 0 Å². The van der Waals surface area contributed by atoms with E-state index >= 15 is 0 Å². The van der Waals surface area contributed by atoms with Gasteiger partial charge in [-0.2, -0.15) is 0 Å². The summed E-state index contributed by atoms with van der Waals surface area (Å²) >= 11 is 3.44. The van der Waals surface area contributed by atoms with Crippen molar-refractivity contribution in [3.05, 3.63) is 82.2 Å². The molecule has 1 aromatic heterocycles. The minimum Gasteiger partial charge on any atom is -0.493 e. The van der Waals surface area contributed by atoms with Gasteiger partial charge in [-0.1, -0.05) is 40.2 Å². The van der Waals surface area contributed by atoms with Crippen LogP contribution in [-0.2, 0) is 4.74 Å². The van der Waals surface area contributed by atoms with Crippen LogP contribution in [-0.4, -0.2) is 36.2 Å². The number of anilines is 1. The molecule has 1 heterocycles. The van der Waals surface area contributed by atoms with Gasteiger partial charge in [0.1, 0.15) is 5.75 Å². The van der Waals surface area contributed by atoms with Gasteiger partial charge in [0.05, 0.1) is 12.8 Å². The van der Waals surface area contributed by atoms with E-state index in [9.17, 15) is 4.79 Å². The number of carbonyl (C=O) groups excluding carboxylic acids is 1. The van der Waals surface area contributed by atoms with Crippen molar-refractivity contribution in [2.45, 2.75) is 6.42 Å². The Morgan fingerprint density at radius 3 is 2.60 bits per heavy atom. The van der Waals surface area contributed by atoms with E-state index in [1.165, 1.54) is 12.4 Å². The molecule has 0 aliphatic carbocycles. The largest absolute Gasteiger partial charge is 0.493 e. The summed E-state index contributed by atoms with van der Waals surface area (Å²) in [5.41, 5.74) is 2.38. The van der Waals surface area contributed by atoms with Gasteiger partial charge < -0.3 is 14.8 Å². The summed E-state index contributed by atoms with van der Waals surface area (Å²) in [5, 5.41) is 2.75. The van der Waals surface area contributed by atoms with Gasteiger partial charge in [-0.25, -0.2) is 4.98 Å². The maximum Gasteiger partial charge on any atom is 0.257 e. The zero-order valence-electron chi connectivity index (χ0n) is 16.5. The molecule has 0 aliphatic rings. The van der Waals surface area contributed by atoms with Gasteiger partial charge in [0.15, 0.2) is 5.82 Å². The van der Waals surface area contributed by atoms with E-state index in [-0.39, 0.29) is 5.91 Å². The quantitative estimate of drug-likeness (QED) is 0.351. The maximum absolute atomic E-state index is 12.7. The van der Waals surface area contributed by atoms with E-state index in [1.807, 2.05) is 48.6 Å². The summed E-state index contributed by atoms with van der Waals surface area (Å²) in [7, 11) is 1.66. The number of halogens is 1. The number of hydrogen-bond acceptors (Lipinski definition) is 5. The zero-order chi connectivity index (χ0) is 21.2. The van der Waals surface area contributed by atoms with Crippen molar-refractivity contribution in [2.75, 3.05) is 25.6 Å². The summed E-state index contributed by atoms with van der Waals surface area (Å²) in [6, 6.07) is 13.4. The highest BCUT2D eigenvalue weighted by molar-refractivity contribution is 9.10. The maximum atomic E-state index is 12.7. The number of hydrogen-bond donors (Lipinski definition) is 1. The second kappa shape index (κ2) is 11.2. The Morgan fingerprint density at radius 1 is 1.07 bits per heavy atom. The molecule has 3 aromatic rings. The molecule has 0 unspecified atom stereocenters. The van der Waals surface area contributed by atoms with Crippen LogP contribution in [0.4, 0.5) is 5.82 Å². The Bertz CT molecular complexity index is 992. The van der Waals surface area contributed by atoms with Gasteiger partial charge >= 0.3 is 0 Å². The summed E-state index contributed by atoms with van der Waals surface area (Å²) in [6.07, 6.45) is 9.27. The van der Waals surface area contributed by atoms with E-state index < -0.39 is 0 Å². The first-order valence-corrected chi connectivity index (χ1v) is 10.2. The first-order chi connectivity index (χ1) is 14.6. The summed E-state index contributed by atoms with van der Waals surface area (Å²) in [5.74, 6) is 0.727. The van der Waals surface area contributed by atoms with Gasteiger partial charge in [0.2, 0.25) is 0 Å². The molecule has 0 fully saturated rings. The Kier molecular flexibility index (Phi) is 8.11. The molecule has 3 rings (SSSR count). The molecule has 7 heteroatoms. The Labute approximate surface area is 184 Å². The van der Waals surface area contributed by atoms with Crippen LogP contribution in [0.2, 0.25) is 0 Å². The number of nitrogens with zero attached hydrogens (tertiary/aromatic N) is 2. The predicted molar refractivity (Wildman–Crippen MR) is 121 cm³/mol. The molecule has 1 N–H and O–H groups in total. The van der Waals surface area contributed by atoms with Crippen LogP contribution in [0.25, 0.3) is 12.2 Å². The molecule has 0 aliphatic heterocycles. The Morgan fingerprint density at radius 2 is 1.87 bits per heavy atom. The third kappa shape index (κ3) is 6.79. The molecule has 0 bridgehead atoms. The molecule has 0 saturated heterocycles. The molecular weight excluding hydrogens is 446 g/mol. The van der Waals surface area contributed by atoms with Gasteiger partial charge in [0.25, 0.3) is 5.91 Å². The molecule has 6 nitrogen and oxygen atoms in total. The molecule has 154 valence electrons. The number of amides is 1. The zero-order valence-corrected chi connectivity index (χ0v) is 18.1. The van der Waals surface area contributed by atoms with Crippen molar-refractivity contribution in [3.63, 3.8) is 0 Å². The minimum atomic E-state index is -0.281. The average molecular weight is 468 g/mol. The number of nitrogens with one attached hydrogen (secondary N) is 1. The molecular formula is C23H22BrN3O3. The first-order valence-electron chi connectivity index (χ1n) is 9.42. The van der Waals surface area contributed by atoms with Crippen molar-refractivity contribution in [1.82, 2.24) is 9.97 Å². The van der Waals surface area contributed by atoms with Crippen LogP contribution >= 0.6 is 15.9 Å². The standard InChI is InChI=1S/C23H22BrN3O3/c1-29-11-2-12-30-21-14-18(4-3-17-5-7-20(24)8-6-17)13-19(15-21)23(28)27-22-16-25-9-10-26-22/h3-10,13-16H,2,11-12H2,1H3,(H,26,27,28)/b4-3+. The van der Waals surface area contributed by atoms with Gasteiger partial charge in [-0.15, -0.1) is 0 Å². The van der Waals surface area contributed by atoms with E-state index in [4.69, 9.17) is 9.47 Å². The number of benzene rings is 2. The molecule has 2 aromatic carbocycles. The van der Waals surface area contributed by atoms with Crippen LogP contribution in [0.15, 0.2) is 65.5 Å². The van der Waals surface area contributed by atoms with Crippen LogP contribution in [0.1, 0.15) is 27.9 Å². The normalized spacial score (nSPS) is 10.9. The third-order valence-electron chi connectivity index (χ3n) is 4.10. The summed E-state index contributed by atoms with van der Waals surface area (Å²) < 4.78 is 11.9. The summed E-state index contributed by atoms with van der Waals surface area (Å²) in [4.78, 5) is 20.8. The highest BCUT2D eigenvalue weighted by Gasteiger charge is 2.10. The van der Waals surface area contributed by atoms with Crippen LogP contribution in [0, 0.1) is 0 Å².